The highest BCUT2D eigenvalue weighted by molar-refractivity contribution is 5.95. The van der Waals surface area contributed by atoms with Crippen LogP contribution < -0.4 is 44.2 Å². The molecule has 6 atom stereocenters. The van der Waals surface area contributed by atoms with Crippen molar-refractivity contribution < 1.29 is 33.9 Å². The Morgan fingerprint density at radius 3 is 1.77 bits per heavy atom. The standard InChI is InChI=1S/C28H53N9O7/c1-7-16(6)22(26(42)36-21(15(4)5)25(41)35-19(27(43)44)10-11-20(30)38)37-24(40)18(9-8-12-33-28(31)32)34-23(39)17(29)13-14(2)3/h14-19,21-22H,7-13,29H2,1-6H3,(H2,30,38)(H,34,39)(H,35,41)(H,36,42)(H,37,40)(H,43,44)(H4,31,32,33)/t16-,17-,18-,19-,21-,22-/m0/s1. The summed E-state index contributed by atoms with van der Waals surface area (Å²) in [5.41, 5.74) is 21.9. The molecule has 5 amide bonds. The second kappa shape index (κ2) is 20.1. The molecule has 0 spiro atoms. The van der Waals surface area contributed by atoms with Gasteiger partial charge in [0.25, 0.3) is 0 Å². The first kappa shape index (κ1) is 40.1. The molecule has 44 heavy (non-hydrogen) atoms. The minimum absolute atomic E-state index is 0.117. The largest absolute Gasteiger partial charge is 0.480 e. The smallest absolute Gasteiger partial charge is 0.326 e. The van der Waals surface area contributed by atoms with Crippen molar-refractivity contribution in [3.8, 4) is 0 Å². The van der Waals surface area contributed by atoms with Gasteiger partial charge in [0.15, 0.2) is 5.96 Å². The number of guanidine groups is 1. The van der Waals surface area contributed by atoms with Crippen LogP contribution in [0, 0.1) is 17.8 Å². The fraction of sp³-hybridized carbons (Fsp3) is 0.750. The van der Waals surface area contributed by atoms with Crippen LogP contribution in [-0.2, 0) is 28.8 Å². The molecule has 0 aliphatic rings. The quantitative estimate of drug-likeness (QED) is 0.0399. The summed E-state index contributed by atoms with van der Waals surface area (Å²) in [5, 5.41) is 19.8. The average molecular weight is 628 g/mol. The normalized spacial score (nSPS) is 15.2. The van der Waals surface area contributed by atoms with Gasteiger partial charge < -0.3 is 49.3 Å². The molecule has 0 fully saturated rings. The molecular formula is C28H53N9O7. The molecule has 0 aliphatic carbocycles. The van der Waals surface area contributed by atoms with Gasteiger partial charge in [-0.2, -0.15) is 0 Å². The number of amides is 5. The van der Waals surface area contributed by atoms with Crippen molar-refractivity contribution in [2.75, 3.05) is 6.54 Å². The topological polar surface area (TPSA) is 287 Å². The lowest BCUT2D eigenvalue weighted by Gasteiger charge is -2.30. The summed E-state index contributed by atoms with van der Waals surface area (Å²) in [6.07, 6.45) is 0.881. The monoisotopic (exact) mass is 627 g/mol. The highest BCUT2D eigenvalue weighted by atomic mass is 16.4. The van der Waals surface area contributed by atoms with Gasteiger partial charge in [0, 0.05) is 13.0 Å². The van der Waals surface area contributed by atoms with Gasteiger partial charge in [0.2, 0.25) is 29.5 Å². The van der Waals surface area contributed by atoms with E-state index in [0.29, 0.717) is 19.3 Å². The van der Waals surface area contributed by atoms with E-state index < -0.39 is 77.6 Å². The number of carboxylic acids is 1. The molecule has 0 aromatic heterocycles. The Labute approximate surface area is 259 Å². The summed E-state index contributed by atoms with van der Waals surface area (Å²) < 4.78 is 0. The molecule has 0 aromatic rings. The highest BCUT2D eigenvalue weighted by Gasteiger charge is 2.34. The van der Waals surface area contributed by atoms with Gasteiger partial charge in [-0.05, 0) is 43.4 Å². The molecule has 16 nitrogen and oxygen atoms in total. The van der Waals surface area contributed by atoms with Gasteiger partial charge in [0.05, 0.1) is 6.04 Å². The maximum atomic E-state index is 13.5. The zero-order valence-corrected chi connectivity index (χ0v) is 26.7. The van der Waals surface area contributed by atoms with E-state index in [0.717, 1.165) is 0 Å². The van der Waals surface area contributed by atoms with Crippen LogP contribution in [0.3, 0.4) is 0 Å². The third kappa shape index (κ3) is 15.5. The first-order chi connectivity index (χ1) is 20.4. The molecule has 0 saturated heterocycles. The minimum Gasteiger partial charge on any atom is -0.480 e. The zero-order valence-electron chi connectivity index (χ0n) is 26.7. The van der Waals surface area contributed by atoms with Gasteiger partial charge in [-0.1, -0.05) is 48.0 Å². The van der Waals surface area contributed by atoms with Crippen LogP contribution in [0.5, 0.6) is 0 Å². The summed E-state index contributed by atoms with van der Waals surface area (Å²) in [6, 6.07) is -5.57. The van der Waals surface area contributed by atoms with Crippen molar-refractivity contribution in [1.82, 2.24) is 21.3 Å². The number of hydrogen-bond donors (Lipinski definition) is 9. The third-order valence-electron chi connectivity index (χ3n) is 6.97. The molecule has 0 aromatic carbocycles. The summed E-state index contributed by atoms with van der Waals surface area (Å²) in [7, 11) is 0. The number of aliphatic imine (C=N–C) groups is 1. The third-order valence-corrected chi connectivity index (χ3v) is 6.97. The van der Waals surface area contributed by atoms with Gasteiger partial charge in [0.1, 0.15) is 24.2 Å². The van der Waals surface area contributed by atoms with Crippen LogP contribution >= 0.6 is 0 Å². The Balaban J connectivity index is 5.93. The molecule has 0 aliphatic heterocycles. The van der Waals surface area contributed by atoms with E-state index in [2.05, 4.69) is 26.3 Å². The number of carbonyl (C=O) groups is 6. The summed E-state index contributed by atoms with van der Waals surface area (Å²) in [5.74, 6) is -5.53. The van der Waals surface area contributed by atoms with E-state index in [9.17, 15) is 33.9 Å². The number of carboxylic acid groups (broad SMARTS) is 1. The minimum atomic E-state index is -1.40. The predicted octanol–water partition coefficient (Wildman–Crippen LogP) is -1.60. The molecular weight excluding hydrogens is 574 g/mol. The van der Waals surface area contributed by atoms with Crippen LogP contribution in [0.15, 0.2) is 4.99 Å². The molecule has 0 saturated carbocycles. The fourth-order valence-corrected chi connectivity index (χ4v) is 4.21. The van der Waals surface area contributed by atoms with Crippen LogP contribution in [0.1, 0.15) is 80.1 Å². The summed E-state index contributed by atoms with van der Waals surface area (Å²) in [6.45, 7) is 10.9. The molecule has 0 unspecified atom stereocenters. The lowest BCUT2D eigenvalue weighted by molar-refractivity contribution is -0.143. The lowest BCUT2D eigenvalue weighted by atomic mass is 9.95. The van der Waals surface area contributed by atoms with E-state index in [1.807, 2.05) is 20.8 Å². The van der Waals surface area contributed by atoms with E-state index in [1.165, 1.54) is 0 Å². The SMILES string of the molecule is CC[C@H](C)[C@H](NC(=O)[C@H](CCCN=C(N)N)NC(=O)[C@@H](N)CC(C)C)C(=O)N[C@H](C(=O)N[C@@H](CCC(N)=O)C(=O)O)C(C)C. The molecule has 16 heteroatoms. The molecule has 13 N–H and O–H groups in total. The van der Waals surface area contributed by atoms with E-state index >= 15 is 0 Å². The van der Waals surface area contributed by atoms with Gasteiger partial charge in [-0.25, -0.2) is 4.79 Å². The van der Waals surface area contributed by atoms with E-state index in [-0.39, 0.29) is 37.7 Å². The Bertz CT molecular complexity index is 1020. The van der Waals surface area contributed by atoms with Crippen LogP contribution in [-0.4, -0.2) is 83.3 Å². The number of primary amides is 1. The van der Waals surface area contributed by atoms with Gasteiger partial charge in [-0.15, -0.1) is 0 Å². The molecule has 0 bridgehead atoms. The van der Waals surface area contributed by atoms with Crippen molar-refractivity contribution in [1.29, 1.82) is 0 Å². The lowest BCUT2D eigenvalue weighted by Crippen LogP contribution is -2.60. The molecule has 0 radical (unpaired) electrons. The van der Waals surface area contributed by atoms with Crippen molar-refractivity contribution in [3.05, 3.63) is 0 Å². The number of nitrogens with two attached hydrogens (primary N) is 4. The second-order valence-corrected chi connectivity index (χ2v) is 11.8. The Kier molecular flexibility index (Phi) is 18.3. The maximum Gasteiger partial charge on any atom is 0.326 e. The maximum absolute atomic E-state index is 13.5. The zero-order chi connectivity index (χ0) is 34.1. The number of nitrogens with one attached hydrogen (secondary N) is 4. The summed E-state index contributed by atoms with van der Waals surface area (Å²) >= 11 is 0. The number of carbonyl (C=O) groups excluding carboxylic acids is 5. The first-order valence-corrected chi connectivity index (χ1v) is 14.9. The van der Waals surface area contributed by atoms with Crippen molar-refractivity contribution in [2.45, 2.75) is 110 Å². The average Bonchev–Trinajstić information content (AvgIpc) is 2.92. The molecule has 0 rings (SSSR count). The van der Waals surface area contributed by atoms with Gasteiger partial charge in [-0.3, -0.25) is 29.0 Å². The van der Waals surface area contributed by atoms with Crippen molar-refractivity contribution in [2.24, 2.45) is 45.7 Å². The van der Waals surface area contributed by atoms with Crippen LogP contribution in [0.25, 0.3) is 0 Å². The first-order valence-electron chi connectivity index (χ1n) is 14.9. The van der Waals surface area contributed by atoms with Gasteiger partial charge >= 0.3 is 5.97 Å². The second-order valence-electron chi connectivity index (χ2n) is 11.8. The van der Waals surface area contributed by atoms with E-state index in [4.69, 9.17) is 22.9 Å². The Morgan fingerprint density at radius 1 is 0.750 bits per heavy atom. The predicted molar refractivity (Wildman–Crippen MR) is 165 cm³/mol. The van der Waals surface area contributed by atoms with Crippen molar-refractivity contribution in [3.63, 3.8) is 0 Å². The summed E-state index contributed by atoms with van der Waals surface area (Å²) in [4.78, 5) is 79.5. The Morgan fingerprint density at radius 2 is 1.30 bits per heavy atom. The molecule has 252 valence electrons. The van der Waals surface area contributed by atoms with Crippen molar-refractivity contribution >= 4 is 41.5 Å². The van der Waals surface area contributed by atoms with Crippen LogP contribution in [0.4, 0.5) is 0 Å². The van der Waals surface area contributed by atoms with E-state index in [1.54, 1.807) is 20.8 Å². The number of aliphatic carboxylic acids is 1. The fourth-order valence-electron chi connectivity index (χ4n) is 4.21. The molecule has 0 heterocycles. The highest BCUT2D eigenvalue weighted by Crippen LogP contribution is 2.12. The van der Waals surface area contributed by atoms with Crippen LogP contribution in [0.2, 0.25) is 0 Å². The Hall–Kier alpha value is -3.95. The number of nitrogens with zero attached hydrogens (tertiary/aromatic N) is 1. The number of hydrogen-bond acceptors (Lipinski definition) is 8. The number of rotatable bonds is 21.